The fraction of sp³-hybridized carbons (Fsp3) is 0.600. The average molecular weight is 188 g/mol. The molecule has 74 valence electrons. The van der Waals surface area contributed by atoms with Crippen LogP contribution < -0.4 is 0 Å². The van der Waals surface area contributed by atoms with Crippen molar-refractivity contribution in [2.75, 3.05) is 7.11 Å². The van der Waals surface area contributed by atoms with E-state index < -0.39 is 6.11 Å². The molecule has 1 unspecified atom stereocenters. The van der Waals surface area contributed by atoms with Crippen LogP contribution in [0, 0.1) is 5.92 Å². The van der Waals surface area contributed by atoms with Crippen LogP contribution in [0.15, 0.2) is 24.3 Å². The molecule has 0 fully saturated rings. The minimum Gasteiger partial charge on any atom is -0.320 e. The van der Waals surface area contributed by atoms with Gasteiger partial charge in [0.25, 0.3) is 0 Å². The highest BCUT2D eigenvalue weighted by Gasteiger charge is 2.35. The quantitative estimate of drug-likeness (QED) is 0.618. The molecule has 1 rings (SSSR count). The molecular weight excluding hydrogens is 174 g/mol. The van der Waals surface area contributed by atoms with Crippen LogP contribution in [0.25, 0.3) is 0 Å². The van der Waals surface area contributed by atoms with E-state index in [0.29, 0.717) is 18.8 Å². The smallest absolute Gasteiger partial charge is 0.320 e. The van der Waals surface area contributed by atoms with Gasteiger partial charge in [-0.25, -0.2) is 0 Å². The van der Waals surface area contributed by atoms with Gasteiger partial charge in [0.15, 0.2) is 0 Å². The Kier molecular flexibility index (Phi) is 3.20. The number of alkyl halides is 2. The summed E-state index contributed by atoms with van der Waals surface area (Å²) < 4.78 is 30.0. The van der Waals surface area contributed by atoms with Gasteiger partial charge in [-0.3, -0.25) is 0 Å². The van der Waals surface area contributed by atoms with E-state index in [1.54, 1.807) is 6.08 Å². The predicted molar refractivity (Wildman–Crippen MR) is 47.6 cm³/mol. The van der Waals surface area contributed by atoms with Crippen molar-refractivity contribution in [1.29, 1.82) is 0 Å². The van der Waals surface area contributed by atoms with Gasteiger partial charge in [-0.1, -0.05) is 12.2 Å². The number of methoxy groups -OCH3 is 1. The summed E-state index contributed by atoms with van der Waals surface area (Å²) in [4.78, 5) is 0. The van der Waals surface area contributed by atoms with Crippen LogP contribution in [0.1, 0.15) is 19.3 Å². The van der Waals surface area contributed by atoms with E-state index in [1.807, 2.05) is 6.08 Å². The Morgan fingerprint density at radius 1 is 1.69 bits per heavy atom. The Bertz CT molecular complexity index is 221. The lowest BCUT2D eigenvalue weighted by molar-refractivity contribution is -0.192. The van der Waals surface area contributed by atoms with Crippen molar-refractivity contribution in [2.45, 2.75) is 25.4 Å². The Morgan fingerprint density at radius 3 is 2.77 bits per heavy atom. The van der Waals surface area contributed by atoms with Crippen molar-refractivity contribution in [3.63, 3.8) is 0 Å². The van der Waals surface area contributed by atoms with Crippen molar-refractivity contribution in [3.05, 3.63) is 24.3 Å². The van der Waals surface area contributed by atoms with Crippen molar-refractivity contribution < 1.29 is 13.5 Å². The van der Waals surface area contributed by atoms with Gasteiger partial charge >= 0.3 is 6.11 Å². The van der Waals surface area contributed by atoms with Crippen LogP contribution in [-0.4, -0.2) is 13.2 Å². The maximum absolute atomic E-state index is 13.0. The van der Waals surface area contributed by atoms with E-state index in [9.17, 15) is 8.78 Å². The third kappa shape index (κ3) is 2.37. The summed E-state index contributed by atoms with van der Waals surface area (Å²) in [5, 5.41) is 0. The molecule has 0 radical (unpaired) electrons. The van der Waals surface area contributed by atoms with Gasteiger partial charge in [0.2, 0.25) is 0 Å². The van der Waals surface area contributed by atoms with Gasteiger partial charge in [0.05, 0.1) is 0 Å². The van der Waals surface area contributed by atoms with Crippen LogP contribution in [0.5, 0.6) is 0 Å². The summed E-state index contributed by atoms with van der Waals surface area (Å²) in [6.45, 7) is 3.64. The summed E-state index contributed by atoms with van der Waals surface area (Å²) in [6.07, 6.45) is 2.10. The first-order chi connectivity index (χ1) is 6.10. The normalized spacial score (nSPS) is 23.9. The monoisotopic (exact) mass is 188 g/mol. The average Bonchev–Trinajstić information content (AvgIpc) is 2.18. The first-order valence-corrected chi connectivity index (χ1v) is 4.35. The molecule has 0 saturated heterocycles. The fourth-order valence-electron chi connectivity index (χ4n) is 1.46. The number of allylic oxidation sites excluding steroid dienone is 2. The van der Waals surface area contributed by atoms with Gasteiger partial charge < -0.3 is 4.74 Å². The highest BCUT2D eigenvalue weighted by Crippen LogP contribution is 2.34. The number of rotatable bonds is 3. The van der Waals surface area contributed by atoms with E-state index in [1.165, 1.54) is 0 Å². The summed E-state index contributed by atoms with van der Waals surface area (Å²) in [5.41, 5.74) is 0.105. The summed E-state index contributed by atoms with van der Waals surface area (Å²) in [6, 6.07) is 0. The molecule has 3 heteroatoms. The second-order valence-corrected chi connectivity index (χ2v) is 3.22. The number of hydrogen-bond donors (Lipinski definition) is 0. The standard InChI is InChI=1S/C10H14F2O/c1-3-8-4-6-9(7-5-8)10(11,12)13-2/h3,6,8H,1,4-5,7H2,2H3. The molecule has 0 aromatic carbocycles. The van der Waals surface area contributed by atoms with E-state index in [2.05, 4.69) is 11.3 Å². The fourth-order valence-corrected chi connectivity index (χ4v) is 1.46. The summed E-state index contributed by atoms with van der Waals surface area (Å²) >= 11 is 0. The van der Waals surface area contributed by atoms with E-state index >= 15 is 0 Å². The maximum atomic E-state index is 13.0. The largest absolute Gasteiger partial charge is 0.379 e. The van der Waals surface area contributed by atoms with E-state index in [4.69, 9.17) is 0 Å². The molecule has 1 atom stereocenters. The van der Waals surface area contributed by atoms with Gasteiger partial charge in [0.1, 0.15) is 0 Å². The lowest BCUT2D eigenvalue weighted by Crippen LogP contribution is -2.24. The number of ether oxygens (including phenoxy) is 1. The summed E-state index contributed by atoms with van der Waals surface area (Å²) in [7, 11) is 1.03. The topological polar surface area (TPSA) is 9.23 Å². The number of hydrogen-bond acceptors (Lipinski definition) is 1. The van der Waals surface area contributed by atoms with Crippen molar-refractivity contribution in [2.24, 2.45) is 5.92 Å². The lowest BCUT2D eigenvalue weighted by atomic mass is 9.89. The molecule has 0 aromatic heterocycles. The predicted octanol–water partition coefficient (Wildman–Crippen LogP) is 3.14. The molecule has 1 aliphatic carbocycles. The zero-order valence-corrected chi connectivity index (χ0v) is 7.72. The van der Waals surface area contributed by atoms with Crippen LogP contribution >= 0.6 is 0 Å². The maximum Gasteiger partial charge on any atom is 0.379 e. The van der Waals surface area contributed by atoms with Gasteiger partial charge in [-0.05, 0) is 25.2 Å². The SMILES string of the molecule is C=CC1CC=C(C(F)(F)OC)CC1. The molecule has 0 amide bonds. The van der Waals surface area contributed by atoms with E-state index in [0.717, 1.165) is 13.5 Å². The highest BCUT2D eigenvalue weighted by atomic mass is 19.3. The number of halogens is 2. The molecule has 0 bridgehead atoms. The van der Waals surface area contributed by atoms with Crippen molar-refractivity contribution in [3.8, 4) is 0 Å². The summed E-state index contributed by atoms with van der Waals surface area (Å²) in [5.74, 6) is 0.344. The molecule has 0 heterocycles. The first-order valence-electron chi connectivity index (χ1n) is 4.35. The van der Waals surface area contributed by atoms with Crippen LogP contribution in [0.4, 0.5) is 8.78 Å². The van der Waals surface area contributed by atoms with Gasteiger partial charge in [0, 0.05) is 12.7 Å². The van der Waals surface area contributed by atoms with Crippen LogP contribution in [0.2, 0.25) is 0 Å². The second-order valence-electron chi connectivity index (χ2n) is 3.22. The third-order valence-corrected chi connectivity index (χ3v) is 2.41. The first kappa shape index (κ1) is 10.4. The van der Waals surface area contributed by atoms with Crippen molar-refractivity contribution in [1.82, 2.24) is 0 Å². The zero-order chi connectivity index (χ0) is 9.90. The van der Waals surface area contributed by atoms with Crippen LogP contribution in [-0.2, 0) is 4.74 Å². The Balaban J connectivity index is 2.64. The van der Waals surface area contributed by atoms with Crippen molar-refractivity contribution >= 4 is 0 Å². The molecule has 0 aromatic rings. The Morgan fingerprint density at radius 2 is 2.38 bits per heavy atom. The van der Waals surface area contributed by atoms with Crippen LogP contribution in [0.3, 0.4) is 0 Å². The minimum absolute atomic E-state index is 0.105. The van der Waals surface area contributed by atoms with Gasteiger partial charge in [-0.2, -0.15) is 8.78 Å². The molecule has 1 nitrogen and oxygen atoms in total. The molecule has 0 saturated carbocycles. The molecule has 0 N–H and O–H groups in total. The zero-order valence-electron chi connectivity index (χ0n) is 7.72. The Hall–Kier alpha value is -0.700. The van der Waals surface area contributed by atoms with Gasteiger partial charge in [-0.15, -0.1) is 6.58 Å². The second kappa shape index (κ2) is 4.01. The molecule has 1 aliphatic rings. The highest BCUT2D eigenvalue weighted by molar-refractivity contribution is 5.14. The molecule has 13 heavy (non-hydrogen) atoms. The molecule has 0 aliphatic heterocycles. The molecular formula is C10H14F2O. The van der Waals surface area contributed by atoms with E-state index in [-0.39, 0.29) is 5.57 Å². The minimum atomic E-state index is -3.08. The lowest BCUT2D eigenvalue weighted by Gasteiger charge is -2.23. The molecule has 0 spiro atoms. The third-order valence-electron chi connectivity index (χ3n) is 2.41. The Labute approximate surface area is 77.1 Å².